The zero-order valence-corrected chi connectivity index (χ0v) is 13.3. The Morgan fingerprint density at radius 2 is 2.35 bits per heavy atom. The summed E-state index contributed by atoms with van der Waals surface area (Å²) in [6.07, 6.45) is 1.75. The SMILES string of the molecule is Cc1cc(S(=O)(=O)N2CCCC2CCl)sc1Br. The van der Waals surface area contributed by atoms with Crippen molar-refractivity contribution in [1.29, 1.82) is 0 Å². The van der Waals surface area contributed by atoms with E-state index in [9.17, 15) is 8.42 Å². The number of hydrogen-bond donors (Lipinski definition) is 0. The predicted octanol–water partition coefficient (Wildman–Crippen LogP) is 3.21. The Hall–Kier alpha value is 0.380. The minimum Gasteiger partial charge on any atom is -0.206 e. The van der Waals surface area contributed by atoms with Crippen molar-refractivity contribution in [1.82, 2.24) is 4.31 Å². The van der Waals surface area contributed by atoms with Crippen molar-refractivity contribution in [2.45, 2.75) is 30.0 Å². The van der Waals surface area contributed by atoms with E-state index < -0.39 is 10.0 Å². The van der Waals surface area contributed by atoms with Gasteiger partial charge in [-0.05, 0) is 47.3 Å². The highest BCUT2D eigenvalue weighted by Gasteiger charge is 2.35. The molecule has 17 heavy (non-hydrogen) atoms. The molecule has 0 bridgehead atoms. The van der Waals surface area contributed by atoms with E-state index in [0.29, 0.717) is 16.6 Å². The molecule has 7 heteroatoms. The van der Waals surface area contributed by atoms with E-state index in [1.807, 2.05) is 6.92 Å². The largest absolute Gasteiger partial charge is 0.252 e. The molecule has 1 atom stereocenters. The van der Waals surface area contributed by atoms with E-state index in [-0.39, 0.29) is 6.04 Å². The van der Waals surface area contributed by atoms with Crippen molar-refractivity contribution in [3.05, 3.63) is 15.4 Å². The molecule has 2 heterocycles. The van der Waals surface area contributed by atoms with Crippen LogP contribution in [0.2, 0.25) is 0 Å². The maximum atomic E-state index is 12.4. The fourth-order valence-electron chi connectivity index (χ4n) is 1.95. The Labute approximate surface area is 119 Å². The third kappa shape index (κ3) is 2.56. The molecule has 1 saturated heterocycles. The van der Waals surface area contributed by atoms with E-state index in [4.69, 9.17) is 11.6 Å². The van der Waals surface area contributed by atoms with Crippen LogP contribution in [-0.4, -0.2) is 31.2 Å². The third-order valence-corrected chi connectivity index (χ3v) is 7.79. The lowest BCUT2D eigenvalue weighted by Crippen LogP contribution is -2.36. The fraction of sp³-hybridized carbons (Fsp3) is 0.600. The molecule has 96 valence electrons. The lowest BCUT2D eigenvalue weighted by molar-refractivity contribution is 0.412. The van der Waals surface area contributed by atoms with Crippen LogP contribution in [0.3, 0.4) is 0 Å². The van der Waals surface area contributed by atoms with Gasteiger partial charge in [-0.15, -0.1) is 22.9 Å². The second-order valence-corrected chi connectivity index (χ2v) is 8.88. The van der Waals surface area contributed by atoms with Crippen LogP contribution in [0, 0.1) is 6.92 Å². The van der Waals surface area contributed by atoms with Crippen LogP contribution in [0.5, 0.6) is 0 Å². The molecular weight excluding hydrogens is 346 g/mol. The summed E-state index contributed by atoms with van der Waals surface area (Å²) < 4.78 is 27.7. The van der Waals surface area contributed by atoms with Gasteiger partial charge in [-0.25, -0.2) is 8.42 Å². The smallest absolute Gasteiger partial charge is 0.206 e. The Morgan fingerprint density at radius 1 is 1.65 bits per heavy atom. The van der Waals surface area contributed by atoms with Gasteiger partial charge in [-0.3, -0.25) is 0 Å². The highest BCUT2D eigenvalue weighted by atomic mass is 79.9. The molecule has 1 unspecified atom stereocenters. The molecule has 0 saturated carbocycles. The molecule has 0 aromatic carbocycles. The second kappa shape index (κ2) is 5.17. The first-order chi connectivity index (χ1) is 7.96. The van der Waals surface area contributed by atoms with Crippen molar-refractivity contribution in [2.24, 2.45) is 0 Å². The fourth-order valence-corrected chi connectivity index (χ4v) is 6.41. The first-order valence-electron chi connectivity index (χ1n) is 5.30. The van der Waals surface area contributed by atoms with Gasteiger partial charge in [0, 0.05) is 18.5 Å². The summed E-state index contributed by atoms with van der Waals surface area (Å²) in [6.45, 7) is 2.47. The summed E-state index contributed by atoms with van der Waals surface area (Å²) in [4.78, 5) is 0. The number of halogens is 2. The van der Waals surface area contributed by atoms with Crippen LogP contribution in [0.1, 0.15) is 18.4 Å². The maximum Gasteiger partial charge on any atom is 0.252 e. The lowest BCUT2D eigenvalue weighted by Gasteiger charge is -2.21. The average molecular weight is 359 g/mol. The molecule has 1 fully saturated rings. The summed E-state index contributed by atoms with van der Waals surface area (Å²) >= 11 is 10.4. The highest BCUT2D eigenvalue weighted by Crippen LogP contribution is 2.35. The molecule has 0 spiro atoms. The summed E-state index contributed by atoms with van der Waals surface area (Å²) in [6, 6.07) is 1.66. The van der Waals surface area contributed by atoms with Gasteiger partial charge in [0.25, 0.3) is 10.0 Å². The molecule has 1 aromatic rings. The molecule has 0 radical (unpaired) electrons. The second-order valence-electron chi connectivity index (χ2n) is 4.09. The maximum absolute atomic E-state index is 12.4. The summed E-state index contributed by atoms with van der Waals surface area (Å²) in [5.74, 6) is 0.366. The van der Waals surface area contributed by atoms with Gasteiger partial charge < -0.3 is 0 Å². The Bertz CT molecular complexity index is 495. The van der Waals surface area contributed by atoms with Crippen LogP contribution < -0.4 is 0 Å². The van der Waals surface area contributed by atoms with E-state index in [2.05, 4.69) is 15.9 Å². The molecule has 3 nitrogen and oxygen atoms in total. The number of hydrogen-bond acceptors (Lipinski definition) is 3. The van der Waals surface area contributed by atoms with Gasteiger partial charge in [0.1, 0.15) is 4.21 Å². The summed E-state index contributed by atoms with van der Waals surface area (Å²) in [5, 5.41) is 0. The molecule has 0 amide bonds. The molecule has 0 N–H and O–H groups in total. The molecule has 1 aliphatic heterocycles. The summed E-state index contributed by atoms with van der Waals surface area (Å²) in [7, 11) is -3.36. The standard InChI is InChI=1S/C10H13BrClNO2S2/c1-7-5-9(16-10(7)11)17(14,15)13-4-2-3-8(13)6-12/h5,8H,2-4,6H2,1H3. The molecule has 1 aliphatic rings. The van der Waals surface area contributed by atoms with Crippen molar-refractivity contribution in [3.8, 4) is 0 Å². The van der Waals surface area contributed by atoms with E-state index in [0.717, 1.165) is 22.2 Å². The highest BCUT2D eigenvalue weighted by molar-refractivity contribution is 9.11. The minimum atomic E-state index is -3.36. The van der Waals surface area contributed by atoms with E-state index >= 15 is 0 Å². The molecular formula is C10H13BrClNO2S2. The van der Waals surface area contributed by atoms with Crippen LogP contribution in [0.15, 0.2) is 14.1 Å². The van der Waals surface area contributed by atoms with Crippen molar-refractivity contribution < 1.29 is 8.42 Å². The third-order valence-electron chi connectivity index (χ3n) is 2.90. The van der Waals surface area contributed by atoms with Crippen molar-refractivity contribution in [3.63, 3.8) is 0 Å². The van der Waals surface area contributed by atoms with Gasteiger partial charge in [0.2, 0.25) is 0 Å². The van der Waals surface area contributed by atoms with Crippen LogP contribution in [-0.2, 0) is 10.0 Å². The molecule has 0 aliphatic carbocycles. The van der Waals surface area contributed by atoms with E-state index in [1.165, 1.54) is 15.6 Å². The number of rotatable bonds is 3. The number of alkyl halides is 1. The van der Waals surface area contributed by atoms with Crippen molar-refractivity contribution >= 4 is 48.9 Å². The zero-order valence-electron chi connectivity index (χ0n) is 9.32. The molecule has 2 rings (SSSR count). The van der Waals surface area contributed by atoms with Crippen LogP contribution >= 0.6 is 38.9 Å². The van der Waals surface area contributed by atoms with E-state index in [1.54, 1.807) is 6.07 Å². The average Bonchev–Trinajstić information content (AvgIpc) is 2.86. The first kappa shape index (κ1) is 13.8. The lowest BCUT2D eigenvalue weighted by atomic mass is 10.3. The van der Waals surface area contributed by atoms with Crippen LogP contribution in [0.25, 0.3) is 0 Å². The summed E-state index contributed by atoms with van der Waals surface area (Å²) in [5.41, 5.74) is 0.954. The Balaban J connectivity index is 2.36. The van der Waals surface area contributed by atoms with Gasteiger partial charge in [0.15, 0.2) is 0 Å². The van der Waals surface area contributed by atoms with Crippen molar-refractivity contribution in [2.75, 3.05) is 12.4 Å². The van der Waals surface area contributed by atoms with Gasteiger partial charge >= 0.3 is 0 Å². The van der Waals surface area contributed by atoms with Gasteiger partial charge in [-0.1, -0.05) is 0 Å². The van der Waals surface area contributed by atoms with Gasteiger partial charge in [0.05, 0.1) is 3.79 Å². The Morgan fingerprint density at radius 3 is 2.88 bits per heavy atom. The van der Waals surface area contributed by atoms with Crippen LogP contribution in [0.4, 0.5) is 0 Å². The first-order valence-corrected chi connectivity index (χ1v) is 8.89. The van der Waals surface area contributed by atoms with Gasteiger partial charge in [-0.2, -0.15) is 4.31 Å². The minimum absolute atomic E-state index is 0.0529. The zero-order chi connectivity index (χ0) is 12.6. The number of sulfonamides is 1. The Kier molecular flexibility index (Phi) is 4.20. The number of thiophene rings is 1. The normalized spacial score (nSPS) is 22.2. The number of aryl methyl sites for hydroxylation is 1. The monoisotopic (exact) mass is 357 g/mol. The predicted molar refractivity (Wildman–Crippen MR) is 74.4 cm³/mol. The number of nitrogens with zero attached hydrogens (tertiary/aromatic N) is 1. The quantitative estimate of drug-likeness (QED) is 0.778. The molecule has 1 aromatic heterocycles. The topological polar surface area (TPSA) is 37.4 Å².